The van der Waals surface area contributed by atoms with E-state index in [9.17, 15) is 9.18 Å². The lowest BCUT2D eigenvalue weighted by Gasteiger charge is -2.15. The molecule has 0 fully saturated rings. The lowest BCUT2D eigenvalue weighted by molar-refractivity contribution is 0.0697. The van der Waals surface area contributed by atoms with Gasteiger partial charge >= 0.3 is 5.97 Å². The Morgan fingerprint density at radius 2 is 1.91 bits per heavy atom. The number of methoxy groups -OCH3 is 1. The molecule has 0 aliphatic heterocycles. The van der Waals surface area contributed by atoms with Crippen LogP contribution in [0.25, 0.3) is 0 Å². The second-order valence-electron chi connectivity index (χ2n) is 5.49. The van der Waals surface area contributed by atoms with Crippen LogP contribution in [0.4, 0.5) is 4.39 Å². The van der Waals surface area contributed by atoms with E-state index < -0.39 is 5.97 Å². The summed E-state index contributed by atoms with van der Waals surface area (Å²) in [6.45, 7) is 2.64. The van der Waals surface area contributed by atoms with Gasteiger partial charge in [0.25, 0.3) is 0 Å². The van der Waals surface area contributed by atoms with Crippen molar-refractivity contribution in [3.05, 3.63) is 65.0 Å². The Morgan fingerprint density at radius 3 is 2.52 bits per heavy atom. The summed E-state index contributed by atoms with van der Waals surface area (Å²) in [5.74, 6) is -0.731. The van der Waals surface area contributed by atoms with E-state index in [2.05, 4.69) is 5.32 Å². The molecule has 0 spiro atoms. The molecule has 0 saturated heterocycles. The lowest BCUT2D eigenvalue weighted by atomic mass is 10.1. The number of hydrogen-bond acceptors (Lipinski definition) is 3. The Labute approximate surface area is 134 Å². The van der Waals surface area contributed by atoms with Gasteiger partial charge in [0.2, 0.25) is 0 Å². The molecule has 0 aromatic heterocycles. The highest BCUT2D eigenvalue weighted by Crippen LogP contribution is 2.17. The summed E-state index contributed by atoms with van der Waals surface area (Å²) in [5, 5.41) is 12.2. The highest BCUT2D eigenvalue weighted by Gasteiger charge is 2.07. The van der Waals surface area contributed by atoms with Gasteiger partial charge in [0.1, 0.15) is 11.6 Å². The summed E-state index contributed by atoms with van der Waals surface area (Å²) in [6.07, 6.45) is 0.668. The van der Waals surface area contributed by atoms with E-state index in [0.29, 0.717) is 18.7 Å². The van der Waals surface area contributed by atoms with Crippen molar-refractivity contribution >= 4 is 5.97 Å². The van der Waals surface area contributed by atoms with Crippen molar-refractivity contribution in [1.82, 2.24) is 5.32 Å². The molecule has 0 amide bonds. The fraction of sp³-hybridized carbons (Fsp3) is 0.278. The van der Waals surface area contributed by atoms with Crippen molar-refractivity contribution in [3.8, 4) is 5.75 Å². The van der Waals surface area contributed by atoms with Crippen LogP contribution in [0, 0.1) is 5.82 Å². The largest absolute Gasteiger partial charge is 0.497 e. The Bertz CT molecular complexity index is 670. The van der Waals surface area contributed by atoms with Gasteiger partial charge in [0, 0.05) is 18.7 Å². The van der Waals surface area contributed by atoms with Gasteiger partial charge in [0.15, 0.2) is 0 Å². The number of halogens is 1. The Morgan fingerprint density at radius 1 is 1.22 bits per heavy atom. The van der Waals surface area contributed by atoms with Crippen LogP contribution in [0.2, 0.25) is 0 Å². The molecule has 1 atom stereocenters. The van der Waals surface area contributed by atoms with E-state index in [1.54, 1.807) is 24.3 Å². The molecule has 122 valence electrons. The molecule has 2 N–H and O–H groups in total. The van der Waals surface area contributed by atoms with Crippen molar-refractivity contribution in [3.63, 3.8) is 0 Å². The highest BCUT2D eigenvalue weighted by atomic mass is 19.1. The summed E-state index contributed by atoms with van der Waals surface area (Å²) in [7, 11) is 1.51. The second kappa shape index (κ2) is 7.74. The van der Waals surface area contributed by atoms with Crippen LogP contribution in [-0.2, 0) is 13.0 Å². The first-order chi connectivity index (χ1) is 11.0. The van der Waals surface area contributed by atoms with E-state index in [1.807, 2.05) is 13.0 Å². The summed E-state index contributed by atoms with van der Waals surface area (Å²) in [5.41, 5.74) is 2.13. The topological polar surface area (TPSA) is 58.6 Å². The summed E-state index contributed by atoms with van der Waals surface area (Å²) >= 11 is 0. The molecule has 23 heavy (non-hydrogen) atoms. The lowest BCUT2D eigenvalue weighted by Crippen LogP contribution is -2.27. The SMILES string of the molecule is COc1cc(F)cc(CC(C)NCc2ccc(C(=O)O)cc2)c1. The minimum Gasteiger partial charge on any atom is -0.497 e. The maximum Gasteiger partial charge on any atom is 0.335 e. The molecule has 0 bridgehead atoms. The number of benzene rings is 2. The fourth-order valence-corrected chi connectivity index (χ4v) is 2.34. The number of rotatable bonds is 7. The van der Waals surface area contributed by atoms with Crippen molar-refractivity contribution in [2.24, 2.45) is 0 Å². The van der Waals surface area contributed by atoms with Crippen LogP contribution in [0.15, 0.2) is 42.5 Å². The Kier molecular flexibility index (Phi) is 5.71. The van der Waals surface area contributed by atoms with E-state index in [-0.39, 0.29) is 17.4 Å². The molecule has 5 heteroatoms. The van der Waals surface area contributed by atoms with Crippen LogP contribution >= 0.6 is 0 Å². The van der Waals surface area contributed by atoms with Crippen LogP contribution in [0.5, 0.6) is 5.75 Å². The van der Waals surface area contributed by atoms with Gasteiger partial charge in [-0.15, -0.1) is 0 Å². The van der Waals surface area contributed by atoms with Crippen LogP contribution in [0.3, 0.4) is 0 Å². The molecule has 4 nitrogen and oxygen atoms in total. The first kappa shape index (κ1) is 17.0. The van der Waals surface area contributed by atoms with Crippen molar-refractivity contribution in [2.45, 2.75) is 25.9 Å². The zero-order valence-electron chi connectivity index (χ0n) is 13.2. The minimum absolute atomic E-state index is 0.139. The van der Waals surface area contributed by atoms with Gasteiger partial charge in [-0.1, -0.05) is 12.1 Å². The van der Waals surface area contributed by atoms with Gasteiger partial charge in [-0.3, -0.25) is 0 Å². The Hall–Kier alpha value is -2.40. The van der Waals surface area contributed by atoms with Gasteiger partial charge in [0.05, 0.1) is 12.7 Å². The molecule has 0 radical (unpaired) electrons. The molecule has 2 rings (SSSR count). The second-order valence-corrected chi connectivity index (χ2v) is 5.49. The predicted octanol–water partition coefficient (Wildman–Crippen LogP) is 3.25. The number of carbonyl (C=O) groups is 1. The number of carboxylic acid groups (broad SMARTS) is 1. The summed E-state index contributed by atoms with van der Waals surface area (Å²) in [6, 6.07) is 11.6. The third kappa shape index (κ3) is 5.07. The van der Waals surface area contributed by atoms with E-state index in [4.69, 9.17) is 9.84 Å². The maximum absolute atomic E-state index is 13.5. The standard InChI is InChI=1S/C18H20FNO3/c1-12(7-14-8-16(19)10-17(9-14)23-2)20-11-13-3-5-15(6-4-13)18(21)22/h3-6,8-10,12,20H,7,11H2,1-2H3,(H,21,22). The molecular weight excluding hydrogens is 297 g/mol. The Balaban J connectivity index is 1.91. The number of nitrogens with one attached hydrogen (secondary N) is 1. The van der Waals surface area contributed by atoms with Crippen LogP contribution < -0.4 is 10.1 Å². The van der Waals surface area contributed by atoms with E-state index in [0.717, 1.165) is 11.1 Å². The van der Waals surface area contributed by atoms with Gasteiger partial charge < -0.3 is 15.2 Å². The molecule has 0 saturated carbocycles. The first-order valence-corrected chi connectivity index (χ1v) is 7.37. The first-order valence-electron chi connectivity index (χ1n) is 7.37. The van der Waals surface area contributed by atoms with Gasteiger partial charge in [-0.05, 0) is 48.7 Å². The number of ether oxygens (including phenoxy) is 1. The minimum atomic E-state index is -0.932. The van der Waals surface area contributed by atoms with E-state index in [1.165, 1.54) is 19.2 Å². The van der Waals surface area contributed by atoms with E-state index >= 15 is 0 Å². The molecule has 2 aromatic rings. The van der Waals surface area contributed by atoms with Crippen molar-refractivity contribution in [1.29, 1.82) is 0 Å². The zero-order valence-corrected chi connectivity index (χ0v) is 13.2. The predicted molar refractivity (Wildman–Crippen MR) is 86.4 cm³/mol. The maximum atomic E-state index is 13.5. The number of carboxylic acids is 1. The fourth-order valence-electron chi connectivity index (χ4n) is 2.34. The molecule has 1 unspecified atom stereocenters. The van der Waals surface area contributed by atoms with Crippen LogP contribution in [0.1, 0.15) is 28.4 Å². The molecule has 0 aliphatic carbocycles. The summed E-state index contributed by atoms with van der Waals surface area (Å²) < 4.78 is 18.5. The molecule has 0 aliphatic rings. The average molecular weight is 317 g/mol. The monoisotopic (exact) mass is 317 g/mol. The van der Waals surface area contributed by atoms with Crippen molar-refractivity contribution in [2.75, 3.05) is 7.11 Å². The third-order valence-corrected chi connectivity index (χ3v) is 3.56. The van der Waals surface area contributed by atoms with Crippen LogP contribution in [-0.4, -0.2) is 24.2 Å². The number of aromatic carboxylic acids is 1. The third-order valence-electron chi connectivity index (χ3n) is 3.56. The normalized spacial score (nSPS) is 12.0. The molecule has 2 aromatic carbocycles. The van der Waals surface area contributed by atoms with Gasteiger partial charge in [-0.25, -0.2) is 9.18 Å². The summed E-state index contributed by atoms with van der Waals surface area (Å²) in [4.78, 5) is 10.8. The number of hydrogen-bond donors (Lipinski definition) is 2. The molecular formula is C18H20FNO3. The van der Waals surface area contributed by atoms with Crippen molar-refractivity contribution < 1.29 is 19.0 Å². The highest BCUT2D eigenvalue weighted by molar-refractivity contribution is 5.87. The quantitative estimate of drug-likeness (QED) is 0.823. The zero-order chi connectivity index (χ0) is 16.8. The average Bonchev–Trinajstić information content (AvgIpc) is 2.52. The smallest absolute Gasteiger partial charge is 0.335 e. The molecule has 0 heterocycles. The van der Waals surface area contributed by atoms with Gasteiger partial charge in [-0.2, -0.15) is 0 Å².